The van der Waals surface area contributed by atoms with Gasteiger partial charge < -0.3 is 10.6 Å². The first-order valence-electron chi connectivity index (χ1n) is 5.77. The minimum atomic E-state index is -0.0538. The molecule has 0 spiro atoms. The lowest BCUT2D eigenvalue weighted by atomic mass is 9.95. The van der Waals surface area contributed by atoms with Crippen molar-refractivity contribution in [1.29, 1.82) is 0 Å². The highest BCUT2D eigenvalue weighted by Gasteiger charge is 2.18. The molecule has 0 aliphatic heterocycles. The predicted molar refractivity (Wildman–Crippen MR) is 58.2 cm³/mol. The van der Waals surface area contributed by atoms with Crippen LogP contribution in [0.15, 0.2) is 0 Å². The van der Waals surface area contributed by atoms with E-state index >= 15 is 0 Å². The Morgan fingerprint density at radius 1 is 1.36 bits per heavy atom. The number of hydrogen-bond donors (Lipinski definition) is 2. The Morgan fingerprint density at radius 2 is 2.00 bits per heavy atom. The Labute approximate surface area is 86.6 Å². The molecule has 3 nitrogen and oxygen atoms in total. The zero-order valence-electron chi connectivity index (χ0n) is 9.31. The van der Waals surface area contributed by atoms with Crippen molar-refractivity contribution in [3.8, 4) is 0 Å². The number of nitrogens with one attached hydrogen (secondary N) is 2. The molecule has 1 aliphatic rings. The summed E-state index contributed by atoms with van der Waals surface area (Å²) in [6.45, 7) is 4.78. The minimum absolute atomic E-state index is 0.0538. The van der Waals surface area contributed by atoms with Gasteiger partial charge in [-0.2, -0.15) is 0 Å². The van der Waals surface area contributed by atoms with Crippen molar-refractivity contribution < 1.29 is 4.79 Å². The van der Waals surface area contributed by atoms with Crippen LogP contribution in [0.1, 0.15) is 46.0 Å². The van der Waals surface area contributed by atoms with Crippen LogP contribution in [0.4, 0.5) is 0 Å². The molecular weight excluding hydrogens is 176 g/mol. The molecule has 1 saturated carbocycles. The Hall–Kier alpha value is -0.570. The van der Waals surface area contributed by atoms with Crippen LogP contribution in [-0.4, -0.2) is 24.5 Å². The molecule has 0 bridgehead atoms. The Morgan fingerprint density at radius 3 is 2.57 bits per heavy atom. The number of rotatable bonds is 4. The summed E-state index contributed by atoms with van der Waals surface area (Å²) < 4.78 is 0. The SMILES string of the molecule is CCNC(C)C(=O)NC1CCCCC1. The van der Waals surface area contributed by atoms with E-state index in [1.54, 1.807) is 0 Å². The Kier molecular flexibility index (Phi) is 4.94. The first kappa shape index (κ1) is 11.5. The molecule has 0 heterocycles. The molecule has 1 fully saturated rings. The van der Waals surface area contributed by atoms with Gasteiger partial charge >= 0.3 is 0 Å². The van der Waals surface area contributed by atoms with Crippen molar-refractivity contribution in [2.24, 2.45) is 0 Å². The van der Waals surface area contributed by atoms with Crippen LogP contribution in [0.25, 0.3) is 0 Å². The maximum atomic E-state index is 11.6. The predicted octanol–water partition coefficient (Wildman–Crippen LogP) is 1.43. The second-order valence-corrected chi connectivity index (χ2v) is 4.12. The molecule has 82 valence electrons. The summed E-state index contributed by atoms with van der Waals surface area (Å²) >= 11 is 0. The molecular formula is C11H22N2O. The van der Waals surface area contributed by atoms with Crippen LogP contribution in [0.2, 0.25) is 0 Å². The summed E-state index contributed by atoms with van der Waals surface area (Å²) in [6, 6.07) is 0.374. The molecule has 3 heteroatoms. The van der Waals surface area contributed by atoms with Gasteiger partial charge in [-0.05, 0) is 26.3 Å². The average Bonchev–Trinajstić information content (AvgIpc) is 2.19. The van der Waals surface area contributed by atoms with Gasteiger partial charge in [-0.25, -0.2) is 0 Å². The van der Waals surface area contributed by atoms with Gasteiger partial charge in [0.2, 0.25) is 5.91 Å². The van der Waals surface area contributed by atoms with Crippen molar-refractivity contribution in [2.75, 3.05) is 6.54 Å². The van der Waals surface area contributed by atoms with E-state index in [0.717, 1.165) is 19.4 Å². The summed E-state index contributed by atoms with van der Waals surface area (Å²) in [5.74, 6) is 0.152. The summed E-state index contributed by atoms with van der Waals surface area (Å²) in [6.07, 6.45) is 6.17. The van der Waals surface area contributed by atoms with Gasteiger partial charge in [0.25, 0.3) is 0 Å². The third-order valence-corrected chi connectivity index (χ3v) is 2.86. The number of carbonyl (C=O) groups is 1. The van der Waals surface area contributed by atoms with E-state index in [4.69, 9.17) is 0 Å². The van der Waals surface area contributed by atoms with Crippen molar-refractivity contribution >= 4 is 5.91 Å². The highest BCUT2D eigenvalue weighted by atomic mass is 16.2. The third kappa shape index (κ3) is 3.66. The summed E-state index contributed by atoms with van der Waals surface area (Å²) in [5.41, 5.74) is 0. The summed E-state index contributed by atoms with van der Waals surface area (Å²) in [5, 5.41) is 6.22. The number of likely N-dealkylation sites (N-methyl/N-ethyl adjacent to an activating group) is 1. The first-order chi connectivity index (χ1) is 6.74. The average molecular weight is 198 g/mol. The monoisotopic (exact) mass is 198 g/mol. The molecule has 14 heavy (non-hydrogen) atoms. The zero-order valence-corrected chi connectivity index (χ0v) is 9.31. The van der Waals surface area contributed by atoms with Gasteiger partial charge in [-0.15, -0.1) is 0 Å². The highest BCUT2D eigenvalue weighted by Crippen LogP contribution is 2.17. The Balaban J connectivity index is 2.24. The lowest BCUT2D eigenvalue weighted by molar-refractivity contribution is -0.123. The lowest BCUT2D eigenvalue weighted by Crippen LogP contribution is -2.46. The van der Waals surface area contributed by atoms with Gasteiger partial charge in [-0.1, -0.05) is 26.2 Å². The molecule has 2 N–H and O–H groups in total. The molecule has 0 aromatic heterocycles. The molecule has 1 amide bonds. The molecule has 1 atom stereocenters. The largest absolute Gasteiger partial charge is 0.352 e. The number of carbonyl (C=O) groups excluding carboxylic acids is 1. The second-order valence-electron chi connectivity index (χ2n) is 4.12. The van der Waals surface area contributed by atoms with Crippen LogP contribution < -0.4 is 10.6 Å². The lowest BCUT2D eigenvalue weighted by Gasteiger charge is -2.24. The van der Waals surface area contributed by atoms with Crippen LogP contribution in [0.3, 0.4) is 0 Å². The normalized spacial score (nSPS) is 20.4. The molecule has 1 aliphatic carbocycles. The van der Waals surface area contributed by atoms with E-state index in [0.29, 0.717) is 6.04 Å². The summed E-state index contributed by atoms with van der Waals surface area (Å²) in [4.78, 5) is 11.6. The molecule has 1 unspecified atom stereocenters. The van der Waals surface area contributed by atoms with Crippen molar-refractivity contribution in [3.05, 3.63) is 0 Å². The fourth-order valence-corrected chi connectivity index (χ4v) is 1.97. The van der Waals surface area contributed by atoms with Crippen LogP contribution in [0, 0.1) is 0 Å². The number of amides is 1. The molecule has 0 aromatic rings. The van der Waals surface area contributed by atoms with Crippen molar-refractivity contribution in [1.82, 2.24) is 10.6 Å². The van der Waals surface area contributed by atoms with Gasteiger partial charge in [0.1, 0.15) is 0 Å². The smallest absolute Gasteiger partial charge is 0.237 e. The molecule has 1 rings (SSSR count). The molecule has 0 radical (unpaired) electrons. The van der Waals surface area contributed by atoms with Gasteiger partial charge in [0, 0.05) is 6.04 Å². The fourth-order valence-electron chi connectivity index (χ4n) is 1.97. The topological polar surface area (TPSA) is 41.1 Å². The minimum Gasteiger partial charge on any atom is -0.352 e. The van der Waals surface area contributed by atoms with E-state index in [9.17, 15) is 4.79 Å². The van der Waals surface area contributed by atoms with Crippen molar-refractivity contribution in [2.45, 2.75) is 58.0 Å². The van der Waals surface area contributed by atoms with E-state index in [1.165, 1.54) is 19.3 Å². The highest BCUT2D eigenvalue weighted by molar-refractivity contribution is 5.81. The summed E-state index contributed by atoms with van der Waals surface area (Å²) in [7, 11) is 0. The first-order valence-corrected chi connectivity index (χ1v) is 5.77. The van der Waals surface area contributed by atoms with Gasteiger partial charge in [0.05, 0.1) is 6.04 Å². The van der Waals surface area contributed by atoms with Crippen LogP contribution >= 0.6 is 0 Å². The maximum absolute atomic E-state index is 11.6. The number of hydrogen-bond acceptors (Lipinski definition) is 2. The third-order valence-electron chi connectivity index (χ3n) is 2.86. The Bertz CT molecular complexity index is 176. The maximum Gasteiger partial charge on any atom is 0.237 e. The molecule has 0 aromatic carbocycles. The van der Waals surface area contributed by atoms with Crippen LogP contribution in [0.5, 0.6) is 0 Å². The second kappa shape index (κ2) is 6.02. The van der Waals surface area contributed by atoms with E-state index in [2.05, 4.69) is 10.6 Å². The fraction of sp³-hybridized carbons (Fsp3) is 0.909. The quantitative estimate of drug-likeness (QED) is 0.717. The van der Waals surface area contributed by atoms with E-state index < -0.39 is 0 Å². The standard InChI is InChI=1S/C11H22N2O/c1-3-12-9(2)11(14)13-10-7-5-4-6-8-10/h9-10,12H,3-8H2,1-2H3,(H,13,14). The van der Waals surface area contributed by atoms with E-state index in [-0.39, 0.29) is 11.9 Å². The zero-order chi connectivity index (χ0) is 10.4. The van der Waals surface area contributed by atoms with Gasteiger partial charge in [0.15, 0.2) is 0 Å². The van der Waals surface area contributed by atoms with Crippen molar-refractivity contribution in [3.63, 3.8) is 0 Å². The van der Waals surface area contributed by atoms with Crippen LogP contribution in [-0.2, 0) is 4.79 Å². The van der Waals surface area contributed by atoms with E-state index in [1.807, 2.05) is 13.8 Å². The van der Waals surface area contributed by atoms with Gasteiger partial charge in [-0.3, -0.25) is 4.79 Å². The molecule has 0 saturated heterocycles.